The van der Waals surface area contributed by atoms with E-state index < -0.39 is 28.5 Å². The molecule has 1 N–H and O–H groups in total. The fourth-order valence-electron chi connectivity index (χ4n) is 3.02. The van der Waals surface area contributed by atoms with Crippen molar-refractivity contribution in [2.24, 2.45) is 0 Å². The average Bonchev–Trinajstić information content (AvgIpc) is 3.01. The van der Waals surface area contributed by atoms with Gasteiger partial charge in [-0.25, -0.2) is 0 Å². The number of nitrogens with one attached hydrogen (secondary N) is 1. The number of amides is 3. The summed E-state index contributed by atoms with van der Waals surface area (Å²) < 4.78 is 10.9. The van der Waals surface area contributed by atoms with Crippen molar-refractivity contribution in [2.75, 3.05) is 25.1 Å². The van der Waals surface area contributed by atoms with Gasteiger partial charge in [0.1, 0.15) is 19.8 Å². The Balaban J connectivity index is 1.46. The SMILES string of the molecule is O=C(CN1C(=O)S/C(=C/c2ccccc2[N+](=O)[O-])C1=O)Nc1ccc2c(c1)OCCO2. The number of nitro benzene ring substituents is 1. The fraction of sp³-hybridized carbons (Fsp3) is 0.150. The maximum Gasteiger partial charge on any atom is 0.294 e. The molecule has 0 aliphatic carbocycles. The van der Waals surface area contributed by atoms with Gasteiger partial charge < -0.3 is 14.8 Å². The summed E-state index contributed by atoms with van der Waals surface area (Å²) in [6.07, 6.45) is 1.28. The van der Waals surface area contributed by atoms with E-state index in [0.717, 1.165) is 4.90 Å². The second kappa shape index (κ2) is 8.48. The number of carbonyl (C=O) groups excluding carboxylic acids is 3. The minimum absolute atomic E-state index is 0.00595. The maximum absolute atomic E-state index is 12.6. The van der Waals surface area contributed by atoms with E-state index in [1.165, 1.54) is 24.3 Å². The molecule has 1 fully saturated rings. The second-order valence-electron chi connectivity index (χ2n) is 6.49. The molecule has 0 aromatic heterocycles. The summed E-state index contributed by atoms with van der Waals surface area (Å²) in [6, 6.07) is 10.7. The number of hydrogen-bond donors (Lipinski definition) is 1. The zero-order valence-corrected chi connectivity index (χ0v) is 16.7. The summed E-state index contributed by atoms with van der Waals surface area (Å²) in [5, 5.41) is 13.1. The molecule has 11 heteroatoms. The summed E-state index contributed by atoms with van der Waals surface area (Å²) in [4.78, 5) is 48.6. The van der Waals surface area contributed by atoms with Gasteiger partial charge in [0.05, 0.1) is 15.4 Å². The number of anilines is 1. The number of imide groups is 1. The number of carbonyl (C=O) groups is 3. The zero-order chi connectivity index (χ0) is 22.0. The van der Waals surface area contributed by atoms with Crippen molar-refractivity contribution in [3.63, 3.8) is 0 Å². The molecule has 2 heterocycles. The molecule has 0 atom stereocenters. The first-order valence-corrected chi connectivity index (χ1v) is 9.92. The molecule has 2 aromatic rings. The number of nitrogens with zero attached hydrogens (tertiary/aromatic N) is 2. The minimum atomic E-state index is -0.689. The van der Waals surface area contributed by atoms with Crippen LogP contribution in [-0.4, -0.2) is 46.6 Å². The van der Waals surface area contributed by atoms with Gasteiger partial charge in [-0.15, -0.1) is 0 Å². The Labute approximate surface area is 180 Å². The highest BCUT2D eigenvalue weighted by Crippen LogP contribution is 2.34. The van der Waals surface area contributed by atoms with E-state index in [0.29, 0.717) is 42.2 Å². The van der Waals surface area contributed by atoms with E-state index in [1.807, 2.05) is 0 Å². The van der Waals surface area contributed by atoms with Crippen LogP contribution in [0.3, 0.4) is 0 Å². The van der Waals surface area contributed by atoms with Crippen LogP contribution in [0.5, 0.6) is 11.5 Å². The van der Waals surface area contributed by atoms with E-state index >= 15 is 0 Å². The Morgan fingerprint density at radius 1 is 1.16 bits per heavy atom. The summed E-state index contributed by atoms with van der Waals surface area (Å²) in [5.41, 5.74) is 0.432. The Kier molecular flexibility index (Phi) is 5.58. The maximum atomic E-state index is 12.6. The van der Waals surface area contributed by atoms with Crippen molar-refractivity contribution < 1.29 is 28.8 Å². The highest BCUT2D eigenvalue weighted by molar-refractivity contribution is 8.18. The molecular weight excluding hydrogens is 426 g/mol. The monoisotopic (exact) mass is 441 g/mol. The number of fused-ring (bicyclic) bond motifs is 1. The molecule has 0 unspecified atom stereocenters. The number of rotatable bonds is 5. The first-order valence-electron chi connectivity index (χ1n) is 9.10. The highest BCUT2D eigenvalue weighted by Gasteiger charge is 2.36. The summed E-state index contributed by atoms with van der Waals surface area (Å²) in [7, 11) is 0. The lowest BCUT2D eigenvalue weighted by Gasteiger charge is -2.19. The van der Waals surface area contributed by atoms with Crippen LogP contribution in [0.25, 0.3) is 6.08 Å². The Hall–Kier alpha value is -3.86. The second-order valence-corrected chi connectivity index (χ2v) is 7.48. The third-order valence-corrected chi connectivity index (χ3v) is 5.33. The lowest BCUT2D eigenvalue weighted by Crippen LogP contribution is -2.36. The minimum Gasteiger partial charge on any atom is -0.486 e. The molecule has 0 bridgehead atoms. The molecule has 10 nitrogen and oxygen atoms in total. The van der Waals surface area contributed by atoms with Crippen LogP contribution in [0.15, 0.2) is 47.4 Å². The van der Waals surface area contributed by atoms with Crippen molar-refractivity contribution in [1.29, 1.82) is 0 Å². The quantitative estimate of drug-likeness (QED) is 0.426. The van der Waals surface area contributed by atoms with Crippen LogP contribution >= 0.6 is 11.8 Å². The van der Waals surface area contributed by atoms with Crippen molar-refractivity contribution in [3.8, 4) is 11.5 Å². The Bertz CT molecular complexity index is 1130. The van der Waals surface area contributed by atoms with Gasteiger partial charge in [-0.2, -0.15) is 0 Å². The van der Waals surface area contributed by atoms with Gasteiger partial charge in [0, 0.05) is 17.8 Å². The molecule has 0 spiro atoms. The van der Waals surface area contributed by atoms with E-state index in [9.17, 15) is 24.5 Å². The number of benzene rings is 2. The largest absolute Gasteiger partial charge is 0.486 e. The number of ether oxygens (including phenoxy) is 2. The van der Waals surface area contributed by atoms with Gasteiger partial charge in [-0.3, -0.25) is 29.4 Å². The molecule has 3 amide bonds. The van der Waals surface area contributed by atoms with Crippen LogP contribution in [-0.2, 0) is 9.59 Å². The molecule has 2 aromatic carbocycles. The zero-order valence-electron chi connectivity index (χ0n) is 15.9. The van der Waals surface area contributed by atoms with Gasteiger partial charge in [0.15, 0.2) is 11.5 Å². The normalized spacial score (nSPS) is 16.5. The lowest BCUT2D eigenvalue weighted by atomic mass is 10.1. The van der Waals surface area contributed by atoms with Crippen LogP contribution in [0.2, 0.25) is 0 Å². The molecule has 0 saturated carbocycles. The molecule has 31 heavy (non-hydrogen) atoms. The summed E-state index contributed by atoms with van der Waals surface area (Å²) >= 11 is 0.623. The van der Waals surface area contributed by atoms with E-state index in [1.54, 1.807) is 24.3 Å². The smallest absolute Gasteiger partial charge is 0.294 e. The van der Waals surface area contributed by atoms with E-state index in [2.05, 4.69) is 5.32 Å². The number of para-hydroxylation sites is 1. The third kappa shape index (κ3) is 4.36. The molecule has 4 rings (SSSR count). The topological polar surface area (TPSA) is 128 Å². The van der Waals surface area contributed by atoms with Crippen LogP contribution in [0.4, 0.5) is 16.2 Å². The van der Waals surface area contributed by atoms with E-state index in [4.69, 9.17) is 9.47 Å². The van der Waals surface area contributed by atoms with Gasteiger partial charge in [-0.05, 0) is 36.0 Å². The standard InChI is InChI=1S/C20H15N3O7S/c24-18(21-13-5-6-15-16(10-13)30-8-7-29-15)11-22-19(25)17(31-20(22)26)9-12-3-1-2-4-14(12)23(27)28/h1-6,9-10H,7-8,11H2,(H,21,24)/b17-9+. The number of thioether (sulfide) groups is 1. The average molecular weight is 441 g/mol. The van der Waals surface area contributed by atoms with Gasteiger partial charge >= 0.3 is 0 Å². The molecular formula is C20H15N3O7S. The molecule has 2 aliphatic rings. The predicted octanol–water partition coefficient (Wildman–Crippen LogP) is 3.04. The summed E-state index contributed by atoms with van der Waals surface area (Å²) in [6.45, 7) is 0.345. The molecule has 158 valence electrons. The number of nitro groups is 1. The fourth-order valence-corrected chi connectivity index (χ4v) is 3.85. The van der Waals surface area contributed by atoms with Crippen molar-refractivity contribution in [1.82, 2.24) is 4.90 Å². The lowest BCUT2D eigenvalue weighted by molar-refractivity contribution is -0.385. The number of hydrogen-bond acceptors (Lipinski definition) is 8. The van der Waals surface area contributed by atoms with Crippen LogP contribution in [0.1, 0.15) is 5.56 Å². The Morgan fingerprint density at radius 2 is 1.90 bits per heavy atom. The molecule has 0 radical (unpaired) electrons. The highest BCUT2D eigenvalue weighted by atomic mass is 32.2. The van der Waals surface area contributed by atoms with E-state index in [-0.39, 0.29) is 16.2 Å². The summed E-state index contributed by atoms with van der Waals surface area (Å²) in [5.74, 6) is -0.214. The first-order chi connectivity index (χ1) is 14.9. The Morgan fingerprint density at radius 3 is 2.68 bits per heavy atom. The van der Waals surface area contributed by atoms with Crippen molar-refractivity contribution in [2.45, 2.75) is 0 Å². The van der Waals surface area contributed by atoms with Crippen LogP contribution < -0.4 is 14.8 Å². The van der Waals surface area contributed by atoms with Gasteiger partial charge in [-0.1, -0.05) is 12.1 Å². The third-order valence-electron chi connectivity index (χ3n) is 4.42. The van der Waals surface area contributed by atoms with Crippen LogP contribution in [0, 0.1) is 10.1 Å². The predicted molar refractivity (Wildman–Crippen MR) is 112 cm³/mol. The molecule has 1 saturated heterocycles. The van der Waals surface area contributed by atoms with Crippen molar-refractivity contribution >= 4 is 46.3 Å². The van der Waals surface area contributed by atoms with Gasteiger partial charge in [0.25, 0.3) is 16.8 Å². The molecule has 2 aliphatic heterocycles. The van der Waals surface area contributed by atoms with Crippen molar-refractivity contribution in [3.05, 3.63) is 63.0 Å². The van der Waals surface area contributed by atoms with Gasteiger partial charge in [0.2, 0.25) is 5.91 Å². The first kappa shape index (κ1) is 20.4.